The Bertz CT molecular complexity index is 168. The van der Waals surface area contributed by atoms with E-state index in [0.717, 1.165) is 11.8 Å². The largest absolute Gasteiger partial charge is 0.0988 e. The molecule has 0 radical (unpaired) electrons. The summed E-state index contributed by atoms with van der Waals surface area (Å²) < 4.78 is 0. The third kappa shape index (κ3) is 0.828. The fourth-order valence-corrected chi connectivity index (χ4v) is 2.26. The van der Waals surface area contributed by atoms with E-state index < -0.39 is 0 Å². The molecule has 0 amide bonds. The van der Waals surface area contributed by atoms with E-state index in [1.54, 1.807) is 0 Å². The molecule has 0 unspecified atom stereocenters. The van der Waals surface area contributed by atoms with Gasteiger partial charge in [-0.25, -0.2) is 0 Å². The van der Waals surface area contributed by atoms with Gasteiger partial charge in [0.1, 0.15) is 0 Å². The quantitative estimate of drug-likeness (QED) is 0.517. The summed E-state index contributed by atoms with van der Waals surface area (Å²) in [5.74, 6) is 1.78. The van der Waals surface area contributed by atoms with Crippen LogP contribution in [0.25, 0.3) is 0 Å². The van der Waals surface area contributed by atoms with Gasteiger partial charge < -0.3 is 0 Å². The first-order valence-corrected chi connectivity index (χ1v) is 4.24. The van der Waals surface area contributed by atoms with Crippen LogP contribution in [0.5, 0.6) is 0 Å². The highest BCUT2D eigenvalue weighted by molar-refractivity contribution is 5.25. The Kier molecular flexibility index (Phi) is 1.40. The van der Waals surface area contributed by atoms with Crippen molar-refractivity contribution >= 4 is 0 Å². The fourth-order valence-electron chi connectivity index (χ4n) is 2.26. The molecule has 0 N–H and O–H groups in total. The molecule has 10 heavy (non-hydrogen) atoms. The van der Waals surface area contributed by atoms with E-state index in [2.05, 4.69) is 18.7 Å². The molecule has 1 saturated carbocycles. The van der Waals surface area contributed by atoms with Crippen molar-refractivity contribution in [3.63, 3.8) is 0 Å². The van der Waals surface area contributed by atoms with E-state index in [-0.39, 0.29) is 0 Å². The minimum Gasteiger partial charge on any atom is -0.0988 e. The van der Waals surface area contributed by atoms with Crippen LogP contribution >= 0.6 is 0 Å². The number of hydrogen-bond donors (Lipinski definition) is 0. The average Bonchev–Trinajstić information content (AvgIpc) is 2.06. The van der Waals surface area contributed by atoms with Crippen LogP contribution in [0, 0.1) is 11.8 Å². The molecule has 0 heterocycles. The molecule has 2 bridgehead atoms. The average molecular weight is 134 g/mol. The van der Waals surface area contributed by atoms with Gasteiger partial charge in [0.2, 0.25) is 0 Å². The van der Waals surface area contributed by atoms with E-state index in [0.29, 0.717) is 0 Å². The number of rotatable bonds is 1. The molecule has 0 nitrogen and oxygen atoms in total. The number of allylic oxidation sites excluding steroid dienone is 3. The maximum absolute atomic E-state index is 3.83. The Hall–Kier alpha value is -0.520. The van der Waals surface area contributed by atoms with Crippen molar-refractivity contribution in [2.24, 2.45) is 11.8 Å². The Labute approximate surface area is 62.6 Å². The van der Waals surface area contributed by atoms with Crippen molar-refractivity contribution in [3.8, 4) is 0 Å². The second-order valence-electron chi connectivity index (χ2n) is 3.48. The highest BCUT2D eigenvalue weighted by Crippen LogP contribution is 2.40. The molecule has 0 atom stereocenters. The van der Waals surface area contributed by atoms with E-state index in [4.69, 9.17) is 0 Å². The van der Waals surface area contributed by atoms with Crippen molar-refractivity contribution in [3.05, 3.63) is 24.3 Å². The van der Waals surface area contributed by atoms with E-state index >= 15 is 0 Å². The lowest BCUT2D eigenvalue weighted by molar-refractivity contribution is 0.317. The maximum atomic E-state index is 3.83. The zero-order valence-corrected chi connectivity index (χ0v) is 6.34. The first kappa shape index (κ1) is 6.21. The Morgan fingerprint density at radius 3 is 2.30 bits per heavy atom. The Morgan fingerprint density at radius 1 is 1.30 bits per heavy atom. The zero-order chi connectivity index (χ0) is 6.97. The van der Waals surface area contributed by atoms with Crippen LogP contribution in [-0.4, -0.2) is 0 Å². The predicted molar refractivity (Wildman–Crippen MR) is 43.7 cm³/mol. The normalized spacial score (nSPS) is 37.4. The monoisotopic (exact) mass is 134 g/mol. The van der Waals surface area contributed by atoms with Crippen LogP contribution in [-0.2, 0) is 0 Å². The van der Waals surface area contributed by atoms with Gasteiger partial charge in [-0.05, 0) is 43.1 Å². The second-order valence-corrected chi connectivity index (χ2v) is 3.48. The van der Waals surface area contributed by atoms with E-state index in [1.807, 2.05) is 0 Å². The van der Waals surface area contributed by atoms with Crippen LogP contribution in [0.1, 0.15) is 25.7 Å². The lowest BCUT2D eigenvalue weighted by Gasteiger charge is -2.34. The van der Waals surface area contributed by atoms with Gasteiger partial charge >= 0.3 is 0 Å². The van der Waals surface area contributed by atoms with Gasteiger partial charge in [-0.1, -0.05) is 18.7 Å². The topological polar surface area (TPSA) is 0 Å². The minimum atomic E-state index is 0.877. The molecule has 0 heteroatoms. The summed E-state index contributed by atoms with van der Waals surface area (Å²) >= 11 is 0. The van der Waals surface area contributed by atoms with E-state index in [9.17, 15) is 0 Å². The molecule has 3 aliphatic carbocycles. The van der Waals surface area contributed by atoms with Crippen LogP contribution in [0.2, 0.25) is 0 Å². The predicted octanol–water partition coefficient (Wildman–Crippen LogP) is 2.92. The lowest BCUT2D eigenvalue weighted by atomic mass is 9.72. The van der Waals surface area contributed by atoms with Crippen LogP contribution < -0.4 is 0 Å². The molecular weight excluding hydrogens is 120 g/mol. The van der Waals surface area contributed by atoms with Gasteiger partial charge in [0.15, 0.2) is 0 Å². The SMILES string of the molecule is C=CC1=CC2CCC1CC2. The summed E-state index contributed by atoms with van der Waals surface area (Å²) in [6.45, 7) is 3.83. The van der Waals surface area contributed by atoms with Crippen molar-refractivity contribution in [1.29, 1.82) is 0 Å². The molecule has 0 aromatic carbocycles. The van der Waals surface area contributed by atoms with E-state index in [1.165, 1.54) is 31.3 Å². The molecule has 54 valence electrons. The third-order valence-corrected chi connectivity index (χ3v) is 2.91. The third-order valence-electron chi connectivity index (χ3n) is 2.91. The van der Waals surface area contributed by atoms with Gasteiger partial charge in [-0.3, -0.25) is 0 Å². The zero-order valence-electron chi connectivity index (χ0n) is 6.34. The summed E-state index contributed by atoms with van der Waals surface area (Å²) in [5, 5.41) is 0. The minimum absolute atomic E-state index is 0.877. The fraction of sp³-hybridized carbons (Fsp3) is 0.600. The van der Waals surface area contributed by atoms with Crippen LogP contribution in [0.4, 0.5) is 0 Å². The lowest BCUT2D eigenvalue weighted by Crippen LogP contribution is -2.20. The molecule has 0 aromatic rings. The second kappa shape index (κ2) is 2.26. The molecule has 3 aliphatic rings. The molecule has 3 rings (SSSR count). The summed E-state index contributed by atoms with van der Waals surface area (Å²) in [6, 6.07) is 0. The highest BCUT2D eigenvalue weighted by Gasteiger charge is 2.26. The summed E-state index contributed by atoms with van der Waals surface area (Å²) in [7, 11) is 0. The molecular formula is C10H14. The summed E-state index contributed by atoms with van der Waals surface area (Å²) in [6.07, 6.45) is 10.2. The van der Waals surface area contributed by atoms with Crippen molar-refractivity contribution in [2.45, 2.75) is 25.7 Å². The maximum Gasteiger partial charge on any atom is -0.0165 e. The smallest absolute Gasteiger partial charge is 0.0165 e. The summed E-state index contributed by atoms with van der Waals surface area (Å²) in [4.78, 5) is 0. The van der Waals surface area contributed by atoms with Crippen molar-refractivity contribution in [2.75, 3.05) is 0 Å². The Morgan fingerprint density at radius 2 is 2.00 bits per heavy atom. The molecule has 0 spiro atoms. The molecule has 0 aliphatic heterocycles. The number of hydrogen-bond acceptors (Lipinski definition) is 0. The Balaban J connectivity index is 2.26. The van der Waals surface area contributed by atoms with Gasteiger partial charge in [-0.2, -0.15) is 0 Å². The molecule has 0 saturated heterocycles. The summed E-state index contributed by atoms with van der Waals surface area (Å²) in [5.41, 5.74) is 1.53. The van der Waals surface area contributed by atoms with Gasteiger partial charge in [-0.15, -0.1) is 0 Å². The van der Waals surface area contributed by atoms with Crippen molar-refractivity contribution in [1.82, 2.24) is 0 Å². The first-order valence-electron chi connectivity index (χ1n) is 4.24. The molecule has 0 aromatic heterocycles. The highest BCUT2D eigenvalue weighted by atomic mass is 14.3. The molecule has 1 fully saturated rings. The van der Waals surface area contributed by atoms with Gasteiger partial charge in [0, 0.05) is 0 Å². The van der Waals surface area contributed by atoms with Crippen LogP contribution in [0.3, 0.4) is 0 Å². The van der Waals surface area contributed by atoms with Crippen LogP contribution in [0.15, 0.2) is 24.3 Å². The van der Waals surface area contributed by atoms with Gasteiger partial charge in [0.05, 0.1) is 0 Å². The number of fused-ring (bicyclic) bond motifs is 2. The van der Waals surface area contributed by atoms with Gasteiger partial charge in [0.25, 0.3) is 0 Å². The van der Waals surface area contributed by atoms with Crippen molar-refractivity contribution < 1.29 is 0 Å². The first-order chi connectivity index (χ1) is 4.90. The standard InChI is InChI=1S/C10H14/c1-2-9-7-8-3-5-10(9)6-4-8/h2,7-8,10H,1,3-6H2.